The number of rotatable bonds is 4. The molecule has 0 fully saturated rings. The predicted molar refractivity (Wildman–Crippen MR) is 115 cm³/mol. The average Bonchev–Trinajstić information content (AvgIpc) is 3.04. The van der Waals surface area contributed by atoms with Crippen LogP contribution in [0.4, 0.5) is 5.82 Å². The molecule has 0 amide bonds. The van der Waals surface area contributed by atoms with Crippen LogP contribution in [0.25, 0.3) is 17.2 Å². The lowest BCUT2D eigenvalue weighted by Crippen LogP contribution is -2.07. The Labute approximate surface area is 178 Å². The molecule has 4 aromatic rings. The number of benzene rings is 2. The summed E-state index contributed by atoms with van der Waals surface area (Å²) >= 11 is 6.05. The summed E-state index contributed by atoms with van der Waals surface area (Å²) in [6.45, 7) is 3.62. The minimum atomic E-state index is 0.210. The standard InChI is InChI=1S/C22H17ClN6O/c1-13-10-16(23)8-9-18(13)30-20-11-19(29-21(25)17(12-24)14(2)28-29)26-22(27-20)15-6-4-3-5-7-15/h3-11H,25H2,1-2H3. The van der Waals surface area contributed by atoms with Gasteiger partial charge in [-0.1, -0.05) is 41.9 Å². The van der Waals surface area contributed by atoms with E-state index in [9.17, 15) is 5.26 Å². The Kier molecular flexibility index (Phi) is 5.09. The van der Waals surface area contributed by atoms with Crippen LogP contribution in [0.3, 0.4) is 0 Å². The molecule has 2 aromatic carbocycles. The lowest BCUT2D eigenvalue weighted by molar-refractivity contribution is 0.458. The summed E-state index contributed by atoms with van der Waals surface area (Å²) in [4.78, 5) is 9.15. The minimum Gasteiger partial charge on any atom is -0.439 e. The molecule has 0 aliphatic carbocycles. The molecule has 0 aliphatic heterocycles. The molecule has 7 nitrogen and oxygen atoms in total. The monoisotopic (exact) mass is 416 g/mol. The predicted octanol–water partition coefficient (Wildman–Crippen LogP) is 4.85. The highest BCUT2D eigenvalue weighted by Gasteiger charge is 2.17. The second kappa shape index (κ2) is 7.85. The Hall–Kier alpha value is -3.89. The van der Waals surface area contributed by atoms with Crippen molar-refractivity contribution in [1.82, 2.24) is 19.7 Å². The molecule has 0 saturated heterocycles. The van der Waals surface area contributed by atoms with E-state index in [0.717, 1.165) is 11.1 Å². The second-order valence-corrected chi connectivity index (χ2v) is 7.07. The van der Waals surface area contributed by atoms with Crippen molar-refractivity contribution in [3.63, 3.8) is 0 Å². The zero-order valence-electron chi connectivity index (χ0n) is 16.3. The topological polar surface area (TPSA) is 103 Å². The van der Waals surface area contributed by atoms with Gasteiger partial charge in [-0.25, -0.2) is 4.98 Å². The lowest BCUT2D eigenvalue weighted by Gasteiger charge is -2.12. The number of nitrogens with zero attached hydrogens (tertiary/aromatic N) is 5. The number of halogens is 1. The van der Waals surface area contributed by atoms with Gasteiger partial charge < -0.3 is 10.5 Å². The third kappa shape index (κ3) is 3.69. The molecule has 148 valence electrons. The van der Waals surface area contributed by atoms with Crippen LogP contribution in [0, 0.1) is 25.2 Å². The van der Waals surface area contributed by atoms with Gasteiger partial charge in [0.05, 0.1) is 5.69 Å². The zero-order chi connectivity index (χ0) is 21.3. The van der Waals surface area contributed by atoms with E-state index in [1.807, 2.05) is 43.3 Å². The Morgan fingerprint density at radius 1 is 1.07 bits per heavy atom. The Morgan fingerprint density at radius 2 is 1.83 bits per heavy atom. The van der Waals surface area contributed by atoms with E-state index < -0.39 is 0 Å². The summed E-state index contributed by atoms with van der Waals surface area (Å²) < 4.78 is 7.46. The molecule has 0 bridgehead atoms. The van der Waals surface area contributed by atoms with Gasteiger partial charge in [-0.2, -0.15) is 20.0 Å². The summed E-state index contributed by atoms with van der Waals surface area (Å²) in [5.74, 6) is 1.98. The summed E-state index contributed by atoms with van der Waals surface area (Å²) in [5.41, 5.74) is 8.64. The highest BCUT2D eigenvalue weighted by Crippen LogP contribution is 2.29. The van der Waals surface area contributed by atoms with E-state index in [4.69, 9.17) is 22.1 Å². The maximum Gasteiger partial charge on any atom is 0.225 e. The molecule has 0 spiro atoms. The Balaban J connectivity index is 1.86. The number of ether oxygens (including phenoxy) is 1. The van der Waals surface area contributed by atoms with E-state index >= 15 is 0 Å². The molecule has 0 saturated carbocycles. The highest BCUT2D eigenvalue weighted by atomic mass is 35.5. The molecular weight excluding hydrogens is 400 g/mol. The molecule has 8 heteroatoms. The van der Waals surface area contributed by atoms with Crippen LogP contribution in [-0.4, -0.2) is 19.7 Å². The molecule has 0 unspecified atom stereocenters. The summed E-state index contributed by atoms with van der Waals surface area (Å²) in [7, 11) is 0. The maximum atomic E-state index is 9.34. The van der Waals surface area contributed by atoms with Crippen molar-refractivity contribution in [2.24, 2.45) is 0 Å². The normalized spacial score (nSPS) is 10.6. The van der Waals surface area contributed by atoms with E-state index in [1.54, 1.807) is 25.1 Å². The van der Waals surface area contributed by atoms with Gasteiger partial charge in [0, 0.05) is 16.7 Å². The zero-order valence-corrected chi connectivity index (χ0v) is 17.1. The largest absolute Gasteiger partial charge is 0.439 e. The lowest BCUT2D eigenvalue weighted by atomic mass is 10.2. The van der Waals surface area contributed by atoms with Crippen molar-refractivity contribution < 1.29 is 4.74 Å². The van der Waals surface area contributed by atoms with Crippen LogP contribution in [0.1, 0.15) is 16.8 Å². The third-order valence-corrected chi connectivity index (χ3v) is 4.73. The van der Waals surface area contributed by atoms with Gasteiger partial charge in [-0.3, -0.25) is 0 Å². The summed E-state index contributed by atoms with van der Waals surface area (Å²) in [6, 6.07) is 18.5. The highest BCUT2D eigenvalue weighted by molar-refractivity contribution is 6.30. The van der Waals surface area contributed by atoms with Crippen molar-refractivity contribution in [3.05, 3.63) is 76.4 Å². The van der Waals surface area contributed by atoms with Crippen molar-refractivity contribution in [2.75, 3.05) is 5.73 Å². The molecule has 0 radical (unpaired) electrons. The molecule has 0 atom stereocenters. The molecule has 2 aromatic heterocycles. The van der Waals surface area contributed by atoms with Crippen LogP contribution in [0.2, 0.25) is 5.02 Å². The number of nitriles is 1. The molecule has 4 rings (SSSR count). The third-order valence-electron chi connectivity index (χ3n) is 4.50. The molecule has 2 N–H and O–H groups in total. The minimum absolute atomic E-state index is 0.210. The van der Waals surface area contributed by atoms with Crippen molar-refractivity contribution >= 4 is 17.4 Å². The van der Waals surface area contributed by atoms with E-state index in [-0.39, 0.29) is 5.82 Å². The number of aryl methyl sites for hydroxylation is 2. The number of anilines is 1. The number of nitrogen functional groups attached to an aromatic ring is 1. The summed E-state index contributed by atoms with van der Waals surface area (Å²) in [6.07, 6.45) is 0. The summed E-state index contributed by atoms with van der Waals surface area (Å²) in [5, 5.41) is 14.3. The van der Waals surface area contributed by atoms with Crippen LogP contribution < -0.4 is 10.5 Å². The first-order chi connectivity index (χ1) is 14.5. The second-order valence-electron chi connectivity index (χ2n) is 6.64. The fourth-order valence-corrected chi connectivity index (χ4v) is 3.21. The van der Waals surface area contributed by atoms with Crippen LogP contribution in [-0.2, 0) is 0 Å². The van der Waals surface area contributed by atoms with Gasteiger partial charge in [-0.05, 0) is 37.6 Å². The quantitative estimate of drug-likeness (QED) is 0.510. The number of nitrogens with two attached hydrogens (primary N) is 1. The van der Waals surface area contributed by atoms with E-state index in [1.165, 1.54) is 4.68 Å². The fraction of sp³-hybridized carbons (Fsp3) is 0.0909. The fourth-order valence-electron chi connectivity index (χ4n) is 2.99. The van der Waals surface area contributed by atoms with Crippen molar-refractivity contribution in [1.29, 1.82) is 5.26 Å². The van der Waals surface area contributed by atoms with Gasteiger partial charge >= 0.3 is 0 Å². The van der Waals surface area contributed by atoms with Gasteiger partial charge in [0.1, 0.15) is 23.2 Å². The SMILES string of the molecule is Cc1cc(Cl)ccc1Oc1cc(-n2nc(C)c(C#N)c2N)nc(-c2ccccc2)n1. The van der Waals surface area contributed by atoms with Crippen molar-refractivity contribution in [2.45, 2.75) is 13.8 Å². The van der Waals surface area contributed by atoms with E-state index in [2.05, 4.69) is 21.1 Å². The van der Waals surface area contributed by atoms with Gasteiger partial charge in [-0.15, -0.1) is 0 Å². The number of aromatic nitrogens is 4. The first kappa shape index (κ1) is 19.4. The van der Waals surface area contributed by atoms with E-state index in [0.29, 0.717) is 39.6 Å². The molecule has 30 heavy (non-hydrogen) atoms. The van der Waals surface area contributed by atoms with Crippen LogP contribution in [0.5, 0.6) is 11.6 Å². The first-order valence-electron chi connectivity index (χ1n) is 9.10. The Morgan fingerprint density at radius 3 is 2.50 bits per heavy atom. The number of hydrogen-bond acceptors (Lipinski definition) is 6. The van der Waals surface area contributed by atoms with Gasteiger partial charge in [0.15, 0.2) is 11.6 Å². The van der Waals surface area contributed by atoms with Gasteiger partial charge in [0.2, 0.25) is 5.88 Å². The van der Waals surface area contributed by atoms with Crippen molar-refractivity contribution in [3.8, 4) is 34.9 Å². The van der Waals surface area contributed by atoms with Gasteiger partial charge in [0.25, 0.3) is 0 Å². The maximum absolute atomic E-state index is 9.34. The first-order valence-corrected chi connectivity index (χ1v) is 9.48. The molecular formula is C22H17ClN6O. The average molecular weight is 417 g/mol. The number of hydrogen-bond donors (Lipinski definition) is 1. The Bertz CT molecular complexity index is 1280. The van der Waals surface area contributed by atoms with Crippen LogP contribution in [0.15, 0.2) is 54.6 Å². The molecule has 2 heterocycles. The molecule has 0 aliphatic rings. The van der Waals surface area contributed by atoms with Crippen LogP contribution >= 0.6 is 11.6 Å². The smallest absolute Gasteiger partial charge is 0.225 e.